The number of halogens is 2. The van der Waals surface area contributed by atoms with Crippen LogP contribution < -0.4 is 5.32 Å². The van der Waals surface area contributed by atoms with Crippen LogP contribution in [0.2, 0.25) is 10.2 Å². The molecule has 25 heavy (non-hydrogen) atoms. The number of amides is 1. The van der Waals surface area contributed by atoms with Gasteiger partial charge in [0, 0.05) is 16.0 Å². The molecule has 6 nitrogen and oxygen atoms in total. The Morgan fingerprint density at radius 2 is 1.76 bits per heavy atom. The van der Waals surface area contributed by atoms with Gasteiger partial charge in [0.05, 0.1) is 0 Å². The molecule has 0 aliphatic carbocycles. The summed E-state index contributed by atoms with van der Waals surface area (Å²) in [6, 6.07) is 9.59. The molecule has 0 unspecified atom stereocenters. The van der Waals surface area contributed by atoms with E-state index in [4.69, 9.17) is 23.2 Å². The van der Waals surface area contributed by atoms with Crippen LogP contribution in [0, 0.1) is 0 Å². The fourth-order valence-corrected chi connectivity index (χ4v) is 3.29. The maximum absolute atomic E-state index is 12.2. The maximum Gasteiger partial charge on any atom is 0.339 e. The summed E-state index contributed by atoms with van der Waals surface area (Å²) in [5.41, 5.74) is 1.21. The maximum atomic E-state index is 12.2. The van der Waals surface area contributed by atoms with E-state index in [1.165, 1.54) is 12.1 Å². The third-order valence-corrected chi connectivity index (χ3v) is 4.60. The van der Waals surface area contributed by atoms with Crippen molar-refractivity contribution in [2.45, 2.75) is 0 Å². The lowest BCUT2D eigenvalue weighted by Gasteiger charge is -2.05. The van der Waals surface area contributed by atoms with E-state index >= 15 is 0 Å². The van der Waals surface area contributed by atoms with Gasteiger partial charge in [0.2, 0.25) is 0 Å². The molecular formula is C16H9Cl2N3O3S. The van der Waals surface area contributed by atoms with Crippen LogP contribution in [0.5, 0.6) is 0 Å². The normalized spacial score (nSPS) is 10.5. The van der Waals surface area contributed by atoms with Crippen LogP contribution in [-0.4, -0.2) is 27.2 Å². The van der Waals surface area contributed by atoms with Gasteiger partial charge in [0.25, 0.3) is 5.91 Å². The standard InChI is InChI=1S/C16H9Cl2N3O3S/c17-9-3-1-8(2-4-9)10-7-25-15(13(10)16(23)24)19-14(22)11-5-6-12(18)21-20-11/h1-7H,(H,19,22)(H,23,24). The van der Waals surface area contributed by atoms with E-state index in [0.29, 0.717) is 16.1 Å². The van der Waals surface area contributed by atoms with Gasteiger partial charge in [0.15, 0.2) is 10.8 Å². The van der Waals surface area contributed by atoms with Crippen LogP contribution in [0.25, 0.3) is 11.1 Å². The predicted octanol–water partition coefficient (Wildman–Crippen LogP) is 4.46. The van der Waals surface area contributed by atoms with Crippen molar-refractivity contribution in [3.63, 3.8) is 0 Å². The second kappa shape index (κ2) is 7.18. The molecule has 2 aromatic heterocycles. The number of rotatable bonds is 4. The quantitative estimate of drug-likeness (QED) is 0.682. The first-order valence-electron chi connectivity index (χ1n) is 6.87. The lowest BCUT2D eigenvalue weighted by atomic mass is 10.0. The molecule has 0 atom stereocenters. The smallest absolute Gasteiger partial charge is 0.339 e. The summed E-state index contributed by atoms with van der Waals surface area (Å²) in [6.07, 6.45) is 0. The molecule has 0 aliphatic rings. The molecule has 0 spiro atoms. The van der Waals surface area contributed by atoms with Crippen molar-refractivity contribution in [1.29, 1.82) is 0 Å². The highest BCUT2D eigenvalue weighted by Gasteiger charge is 2.22. The summed E-state index contributed by atoms with van der Waals surface area (Å²) in [7, 11) is 0. The number of hydrogen-bond donors (Lipinski definition) is 2. The number of thiophene rings is 1. The minimum atomic E-state index is -1.15. The zero-order chi connectivity index (χ0) is 18.0. The highest BCUT2D eigenvalue weighted by molar-refractivity contribution is 7.15. The van der Waals surface area contributed by atoms with Crippen molar-refractivity contribution in [2.75, 3.05) is 5.32 Å². The molecule has 3 rings (SSSR count). The molecule has 1 amide bonds. The van der Waals surface area contributed by atoms with E-state index in [1.807, 2.05) is 0 Å². The first kappa shape index (κ1) is 17.3. The lowest BCUT2D eigenvalue weighted by molar-refractivity contribution is 0.0699. The van der Waals surface area contributed by atoms with Gasteiger partial charge in [-0.25, -0.2) is 4.79 Å². The Bertz CT molecular complexity index is 940. The zero-order valence-electron chi connectivity index (χ0n) is 12.4. The van der Waals surface area contributed by atoms with Crippen molar-refractivity contribution in [3.05, 3.63) is 63.2 Å². The van der Waals surface area contributed by atoms with E-state index in [-0.39, 0.29) is 21.4 Å². The average Bonchev–Trinajstić information content (AvgIpc) is 3.00. The van der Waals surface area contributed by atoms with Crippen molar-refractivity contribution >= 4 is 51.4 Å². The van der Waals surface area contributed by atoms with E-state index in [1.54, 1.807) is 29.6 Å². The molecule has 0 saturated heterocycles. The number of carboxylic acid groups (broad SMARTS) is 1. The molecule has 0 radical (unpaired) electrons. The van der Waals surface area contributed by atoms with Gasteiger partial charge in [-0.15, -0.1) is 21.5 Å². The largest absolute Gasteiger partial charge is 0.478 e. The molecule has 1 aromatic carbocycles. The van der Waals surface area contributed by atoms with Crippen molar-refractivity contribution in [2.24, 2.45) is 0 Å². The summed E-state index contributed by atoms with van der Waals surface area (Å²) in [5.74, 6) is -1.72. The number of nitrogens with one attached hydrogen (secondary N) is 1. The Balaban J connectivity index is 1.94. The fraction of sp³-hybridized carbons (Fsp3) is 0. The molecule has 126 valence electrons. The third-order valence-electron chi connectivity index (χ3n) is 3.25. The van der Waals surface area contributed by atoms with Crippen molar-refractivity contribution in [3.8, 4) is 11.1 Å². The Kier molecular flexibility index (Phi) is 4.98. The Hall–Kier alpha value is -2.48. The molecule has 0 bridgehead atoms. The van der Waals surface area contributed by atoms with Crippen LogP contribution in [0.4, 0.5) is 5.00 Å². The predicted molar refractivity (Wildman–Crippen MR) is 96.7 cm³/mol. The number of benzene rings is 1. The molecular weight excluding hydrogens is 385 g/mol. The Morgan fingerprint density at radius 3 is 2.36 bits per heavy atom. The summed E-state index contributed by atoms with van der Waals surface area (Å²) in [6.45, 7) is 0. The summed E-state index contributed by atoms with van der Waals surface area (Å²) in [5, 5.41) is 21.9. The molecule has 2 heterocycles. The number of carbonyl (C=O) groups is 2. The zero-order valence-corrected chi connectivity index (χ0v) is 14.7. The monoisotopic (exact) mass is 393 g/mol. The minimum Gasteiger partial charge on any atom is -0.478 e. The van der Waals surface area contributed by atoms with Gasteiger partial charge in [-0.2, -0.15) is 0 Å². The topological polar surface area (TPSA) is 92.2 Å². The second-order valence-electron chi connectivity index (χ2n) is 4.86. The highest BCUT2D eigenvalue weighted by Crippen LogP contribution is 2.36. The van der Waals surface area contributed by atoms with Crippen LogP contribution in [-0.2, 0) is 0 Å². The summed E-state index contributed by atoms with van der Waals surface area (Å²) < 4.78 is 0. The first-order valence-corrected chi connectivity index (χ1v) is 8.50. The number of nitrogens with zero attached hydrogens (tertiary/aromatic N) is 2. The van der Waals surface area contributed by atoms with E-state index in [2.05, 4.69) is 15.5 Å². The van der Waals surface area contributed by atoms with E-state index < -0.39 is 11.9 Å². The van der Waals surface area contributed by atoms with E-state index in [9.17, 15) is 14.7 Å². The summed E-state index contributed by atoms with van der Waals surface area (Å²) >= 11 is 12.6. The Morgan fingerprint density at radius 1 is 1.04 bits per heavy atom. The van der Waals surface area contributed by atoms with Gasteiger partial charge in [-0.1, -0.05) is 35.3 Å². The van der Waals surface area contributed by atoms with Crippen LogP contribution in [0.3, 0.4) is 0 Å². The number of hydrogen-bond acceptors (Lipinski definition) is 5. The second-order valence-corrected chi connectivity index (χ2v) is 6.56. The molecule has 0 aliphatic heterocycles. The molecule has 0 saturated carbocycles. The van der Waals surface area contributed by atoms with Crippen molar-refractivity contribution < 1.29 is 14.7 Å². The van der Waals surface area contributed by atoms with Crippen molar-refractivity contribution in [1.82, 2.24) is 10.2 Å². The van der Waals surface area contributed by atoms with E-state index in [0.717, 1.165) is 11.3 Å². The van der Waals surface area contributed by atoms with Crippen LogP contribution >= 0.6 is 34.5 Å². The Labute approximate surface area is 156 Å². The summed E-state index contributed by atoms with van der Waals surface area (Å²) in [4.78, 5) is 23.9. The average molecular weight is 394 g/mol. The molecule has 2 N–H and O–H groups in total. The number of aromatic carboxylic acids is 1. The SMILES string of the molecule is O=C(Nc1scc(-c2ccc(Cl)cc2)c1C(=O)O)c1ccc(Cl)nn1. The van der Waals surface area contributed by atoms with Gasteiger partial charge in [0.1, 0.15) is 10.6 Å². The first-order chi connectivity index (χ1) is 12.0. The highest BCUT2D eigenvalue weighted by atomic mass is 35.5. The number of carbonyl (C=O) groups excluding carboxylic acids is 1. The number of anilines is 1. The third kappa shape index (κ3) is 3.79. The van der Waals surface area contributed by atoms with Gasteiger partial charge >= 0.3 is 5.97 Å². The lowest BCUT2D eigenvalue weighted by Crippen LogP contribution is -2.15. The molecule has 3 aromatic rings. The number of carboxylic acids is 1. The van der Waals surface area contributed by atoms with Gasteiger partial charge < -0.3 is 10.4 Å². The minimum absolute atomic E-state index is 0.00240. The molecule has 0 fully saturated rings. The fourth-order valence-electron chi connectivity index (χ4n) is 2.11. The van der Waals surface area contributed by atoms with Crippen LogP contribution in [0.15, 0.2) is 41.8 Å². The van der Waals surface area contributed by atoms with Gasteiger partial charge in [-0.05, 0) is 29.8 Å². The van der Waals surface area contributed by atoms with Gasteiger partial charge in [-0.3, -0.25) is 4.79 Å². The van der Waals surface area contributed by atoms with Crippen LogP contribution in [0.1, 0.15) is 20.8 Å². The molecule has 9 heteroatoms. The number of aromatic nitrogens is 2.